The standard InChI is InChI=1S/C13H19N5O2/c1-10(8-18-6-4-5-15-18)14-7-11-9-16(2)13(20)17(3)12(11)19/h4-6,9-10,14H,7-8H2,1-3H3. The molecule has 0 fully saturated rings. The van der Waals surface area contributed by atoms with Gasteiger partial charge in [0, 0.05) is 50.8 Å². The Morgan fingerprint density at radius 2 is 2.10 bits per heavy atom. The van der Waals surface area contributed by atoms with Crippen molar-refractivity contribution in [1.29, 1.82) is 0 Å². The van der Waals surface area contributed by atoms with Crippen LogP contribution in [-0.2, 0) is 27.2 Å². The van der Waals surface area contributed by atoms with Crippen molar-refractivity contribution in [3.8, 4) is 0 Å². The summed E-state index contributed by atoms with van der Waals surface area (Å²) in [7, 11) is 3.12. The summed E-state index contributed by atoms with van der Waals surface area (Å²) in [6.07, 6.45) is 5.21. The maximum absolute atomic E-state index is 12.0. The van der Waals surface area contributed by atoms with Crippen molar-refractivity contribution in [2.24, 2.45) is 14.1 Å². The van der Waals surface area contributed by atoms with Crippen molar-refractivity contribution in [2.45, 2.75) is 26.1 Å². The van der Waals surface area contributed by atoms with E-state index in [-0.39, 0.29) is 17.3 Å². The van der Waals surface area contributed by atoms with Crippen LogP contribution in [0, 0.1) is 0 Å². The lowest BCUT2D eigenvalue weighted by atomic mass is 10.2. The Bertz CT molecular complexity index is 684. The van der Waals surface area contributed by atoms with Gasteiger partial charge in [0.2, 0.25) is 0 Å². The molecule has 0 aliphatic rings. The molecule has 2 aromatic rings. The van der Waals surface area contributed by atoms with E-state index in [1.54, 1.807) is 19.4 Å². The number of hydrogen-bond acceptors (Lipinski definition) is 4. The minimum atomic E-state index is -0.316. The minimum Gasteiger partial charge on any atom is -0.308 e. The van der Waals surface area contributed by atoms with E-state index in [4.69, 9.17) is 0 Å². The monoisotopic (exact) mass is 277 g/mol. The normalized spacial score (nSPS) is 12.6. The van der Waals surface area contributed by atoms with Crippen LogP contribution in [0.15, 0.2) is 34.2 Å². The van der Waals surface area contributed by atoms with Gasteiger partial charge in [-0.1, -0.05) is 0 Å². The third-order valence-electron chi connectivity index (χ3n) is 3.18. The van der Waals surface area contributed by atoms with E-state index in [2.05, 4.69) is 10.4 Å². The summed E-state index contributed by atoms with van der Waals surface area (Å²) < 4.78 is 4.36. The molecule has 0 aromatic carbocycles. The predicted molar refractivity (Wildman–Crippen MR) is 75.5 cm³/mol. The minimum absolute atomic E-state index is 0.164. The molecular formula is C13H19N5O2. The molecule has 108 valence electrons. The molecule has 7 nitrogen and oxygen atoms in total. The van der Waals surface area contributed by atoms with Gasteiger partial charge in [0.25, 0.3) is 5.56 Å². The quantitative estimate of drug-likeness (QED) is 0.796. The molecule has 2 heterocycles. The van der Waals surface area contributed by atoms with Gasteiger partial charge in [-0.2, -0.15) is 5.10 Å². The van der Waals surface area contributed by atoms with Gasteiger partial charge in [-0.3, -0.25) is 14.0 Å². The van der Waals surface area contributed by atoms with Gasteiger partial charge >= 0.3 is 5.69 Å². The highest BCUT2D eigenvalue weighted by atomic mass is 16.2. The molecule has 1 N–H and O–H groups in total. The Balaban J connectivity index is 2.04. The third kappa shape index (κ3) is 3.05. The molecule has 0 aliphatic heterocycles. The summed E-state index contributed by atoms with van der Waals surface area (Å²) in [5.74, 6) is 0. The fourth-order valence-corrected chi connectivity index (χ4v) is 2.04. The first kappa shape index (κ1) is 14.3. The zero-order valence-electron chi connectivity index (χ0n) is 11.9. The van der Waals surface area contributed by atoms with E-state index in [1.807, 2.05) is 23.9 Å². The molecule has 0 aliphatic carbocycles. The van der Waals surface area contributed by atoms with Crippen LogP contribution < -0.4 is 16.6 Å². The highest BCUT2D eigenvalue weighted by Crippen LogP contribution is 1.93. The molecular weight excluding hydrogens is 258 g/mol. The lowest BCUT2D eigenvalue weighted by molar-refractivity contribution is 0.447. The molecule has 0 saturated heterocycles. The van der Waals surface area contributed by atoms with E-state index < -0.39 is 0 Å². The van der Waals surface area contributed by atoms with Gasteiger partial charge in [0.15, 0.2) is 0 Å². The average Bonchev–Trinajstić information content (AvgIpc) is 2.92. The number of rotatable bonds is 5. The van der Waals surface area contributed by atoms with Gasteiger partial charge in [0.1, 0.15) is 0 Å². The topological polar surface area (TPSA) is 73.8 Å². The van der Waals surface area contributed by atoms with Gasteiger partial charge in [0.05, 0.1) is 6.54 Å². The van der Waals surface area contributed by atoms with Crippen molar-refractivity contribution in [3.63, 3.8) is 0 Å². The van der Waals surface area contributed by atoms with Crippen LogP contribution in [0.2, 0.25) is 0 Å². The zero-order valence-corrected chi connectivity index (χ0v) is 11.9. The molecule has 20 heavy (non-hydrogen) atoms. The van der Waals surface area contributed by atoms with E-state index in [9.17, 15) is 9.59 Å². The first-order valence-corrected chi connectivity index (χ1v) is 6.45. The summed E-state index contributed by atoms with van der Waals surface area (Å²) in [6, 6.07) is 2.03. The summed E-state index contributed by atoms with van der Waals surface area (Å²) in [4.78, 5) is 23.5. The Labute approximate surface area is 116 Å². The number of nitrogens with zero attached hydrogens (tertiary/aromatic N) is 4. The molecule has 0 spiro atoms. The smallest absolute Gasteiger partial charge is 0.308 e. The van der Waals surface area contributed by atoms with Crippen LogP contribution in [0.3, 0.4) is 0 Å². The molecule has 0 saturated carbocycles. The lowest BCUT2D eigenvalue weighted by Crippen LogP contribution is -2.40. The van der Waals surface area contributed by atoms with E-state index >= 15 is 0 Å². The summed E-state index contributed by atoms with van der Waals surface area (Å²) in [5.41, 5.74) is -0.00264. The van der Waals surface area contributed by atoms with E-state index in [0.29, 0.717) is 12.1 Å². The molecule has 2 aromatic heterocycles. The molecule has 0 radical (unpaired) electrons. The zero-order chi connectivity index (χ0) is 14.7. The SMILES string of the molecule is CC(Cn1cccn1)NCc1cn(C)c(=O)n(C)c1=O. The van der Waals surface area contributed by atoms with Gasteiger partial charge in [-0.05, 0) is 13.0 Å². The van der Waals surface area contributed by atoms with Crippen LogP contribution in [-0.4, -0.2) is 25.0 Å². The second-order valence-electron chi connectivity index (χ2n) is 4.92. The number of hydrogen-bond donors (Lipinski definition) is 1. The van der Waals surface area contributed by atoms with Crippen molar-refractivity contribution in [1.82, 2.24) is 24.2 Å². The van der Waals surface area contributed by atoms with Crippen LogP contribution >= 0.6 is 0 Å². The van der Waals surface area contributed by atoms with Gasteiger partial charge in [-0.15, -0.1) is 0 Å². The summed E-state index contributed by atoms with van der Waals surface area (Å²) in [6.45, 7) is 3.16. The fourth-order valence-electron chi connectivity index (χ4n) is 2.04. The van der Waals surface area contributed by atoms with E-state index in [1.165, 1.54) is 11.6 Å². The van der Waals surface area contributed by atoms with Crippen molar-refractivity contribution < 1.29 is 0 Å². The molecule has 0 bridgehead atoms. The molecule has 0 amide bonds. The second kappa shape index (κ2) is 5.87. The number of nitrogens with one attached hydrogen (secondary N) is 1. The number of aryl methyl sites for hydroxylation is 1. The maximum Gasteiger partial charge on any atom is 0.330 e. The number of aromatic nitrogens is 4. The Hall–Kier alpha value is -2.15. The molecule has 1 atom stereocenters. The molecule has 7 heteroatoms. The first-order chi connectivity index (χ1) is 9.49. The Kier molecular flexibility index (Phi) is 4.19. The Morgan fingerprint density at radius 1 is 1.35 bits per heavy atom. The highest BCUT2D eigenvalue weighted by molar-refractivity contribution is 5.05. The van der Waals surface area contributed by atoms with Crippen molar-refractivity contribution >= 4 is 0 Å². The molecule has 2 rings (SSSR count). The molecule has 1 unspecified atom stereocenters. The fraction of sp³-hybridized carbons (Fsp3) is 0.462. The summed E-state index contributed by atoms with van der Waals surface area (Å²) in [5, 5.41) is 7.40. The largest absolute Gasteiger partial charge is 0.330 e. The van der Waals surface area contributed by atoms with Gasteiger partial charge < -0.3 is 9.88 Å². The maximum atomic E-state index is 12.0. The summed E-state index contributed by atoms with van der Waals surface area (Å²) >= 11 is 0. The average molecular weight is 277 g/mol. The van der Waals surface area contributed by atoms with Crippen LogP contribution in [0.1, 0.15) is 12.5 Å². The van der Waals surface area contributed by atoms with E-state index in [0.717, 1.165) is 11.1 Å². The lowest BCUT2D eigenvalue weighted by Gasteiger charge is -2.14. The first-order valence-electron chi connectivity index (χ1n) is 6.45. The predicted octanol–water partition coefficient (Wildman–Crippen LogP) is -0.541. The van der Waals surface area contributed by atoms with Gasteiger partial charge in [-0.25, -0.2) is 4.79 Å². The van der Waals surface area contributed by atoms with Crippen LogP contribution in [0.25, 0.3) is 0 Å². The third-order valence-corrected chi connectivity index (χ3v) is 3.18. The van der Waals surface area contributed by atoms with Crippen LogP contribution in [0.4, 0.5) is 0 Å². The van der Waals surface area contributed by atoms with Crippen LogP contribution in [0.5, 0.6) is 0 Å². The van der Waals surface area contributed by atoms with Crippen molar-refractivity contribution in [3.05, 3.63) is 51.1 Å². The second-order valence-corrected chi connectivity index (χ2v) is 4.92. The Morgan fingerprint density at radius 3 is 2.75 bits per heavy atom. The van der Waals surface area contributed by atoms with Crippen molar-refractivity contribution in [2.75, 3.05) is 0 Å². The highest BCUT2D eigenvalue weighted by Gasteiger charge is 2.08.